The summed E-state index contributed by atoms with van der Waals surface area (Å²) in [5.74, 6) is 0.974. The quantitative estimate of drug-likeness (QED) is 0.251. The van der Waals surface area contributed by atoms with Gasteiger partial charge in [-0.1, -0.05) is 50.6 Å². The molecule has 0 saturated carbocycles. The summed E-state index contributed by atoms with van der Waals surface area (Å²) in [6, 6.07) is 24.1. The molecule has 6 aromatic rings. The lowest BCUT2D eigenvalue weighted by atomic mass is 9.91. The predicted octanol–water partition coefficient (Wildman–Crippen LogP) is 8.68. The van der Waals surface area contributed by atoms with Gasteiger partial charge in [0.2, 0.25) is 0 Å². The van der Waals surface area contributed by atoms with E-state index in [1.807, 2.05) is 0 Å². The second-order valence-electron chi connectivity index (χ2n) is 10.6. The third kappa shape index (κ3) is 3.55. The molecule has 0 aliphatic rings. The molecule has 0 spiro atoms. The Kier molecular flexibility index (Phi) is 4.87. The molecule has 3 aromatic heterocycles. The number of aryl methyl sites for hydroxylation is 3. The number of rotatable bonds is 2. The van der Waals surface area contributed by atoms with Crippen LogP contribution in [0.2, 0.25) is 0 Å². The van der Waals surface area contributed by atoms with E-state index in [1.165, 1.54) is 37.9 Å². The molecular weight excluding hydrogens is 446 g/mol. The summed E-state index contributed by atoms with van der Waals surface area (Å²) in [5.41, 5.74) is 9.42. The highest BCUT2D eigenvalue weighted by Crippen LogP contribution is 2.38. The number of thiophene rings is 1. The number of para-hydroxylation sites is 2. The number of pyridine rings is 1. The lowest BCUT2D eigenvalue weighted by Gasteiger charge is -2.17. The molecule has 3 heterocycles. The van der Waals surface area contributed by atoms with Gasteiger partial charge in [-0.25, -0.2) is 9.97 Å². The van der Waals surface area contributed by atoms with Crippen molar-refractivity contribution in [3.8, 4) is 17.1 Å². The molecule has 0 bridgehead atoms. The lowest BCUT2D eigenvalue weighted by Crippen LogP contribution is -2.12. The molecule has 0 aliphatic heterocycles. The summed E-state index contributed by atoms with van der Waals surface area (Å²) < 4.78 is 3.60. The fraction of sp³-hybridized carbons (Fsp3) is 0.226. The highest BCUT2D eigenvalue weighted by atomic mass is 32.1. The molecular formula is C31H29N3S. The summed E-state index contributed by atoms with van der Waals surface area (Å²) in [6.07, 6.45) is 0. The van der Waals surface area contributed by atoms with E-state index in [0.29, 0.717) is 0 Å². The maximum Gasteiger partial charge on any atom is 0.145 e. The molecule has 0 amide bonds. The van der Waals surface area contributed by atoms with Crippen LogP contribution in [-0.2, 0) is 5.41 Å². The van der Waals surface area contributed by atoms with Crippen molar-refractivity contribution in [1.29, 1.82) is 0 Å². The Balaban J connectivity index is 1.62. The first-order chi connectivity index (χ1) is 16.7. The number of nitrogens with zero attached hydrogens (tertiary/aromatic N) is 3. The number of benzene rings is 3. The predicted molar refractivity (Wildman–Crippen MR) is 150 cm³/mol. The number of fused-ring (bicyclic) bond motifs is 4. The van der Waals surface area contributed by atoms with Crippen molar-refractivity contribution in [3.63, 3.8) is 0 Å². The van der Waals surface area contributed by atoms with Gasteiger partial charge < -0.3 is 0 Å². The Morgan fingerprint density at radius 3 is 2.26 bits per heavy atom. The minimum atomic E-state index is 0.0319. The smallest absolute Gasteiger partial charge is 0.145 e. The number of hydrogen-bond donors (Lipinski definition) is 0. The SMILES string of the molecule is Cc1cc(C)c(-n2c(-c3ccc4sc5nc(C(C)(C)C)ccc5c4c3)nc3ccccc32)c(C)c1. The molecule has 3 nitrogen and oxygen atoms in total. The van der Waals surface area contributed by atoms with Crippen molar-refractivity contribution in [2.75, 3.05) is 0 Å². The van der Waals surface area contributed by atoms with E-state index < -0.39 is 0 Å². The number of imidazole rings is 1. The van der Waals surface area contributed by atoms with Crippen LogP contribution in [0.4, 0.5) is 0 Å². The summed E-state index contributed by atoms with van der Waals surface area (Å²) in [6.45, 7) is 13.2. The van der Waals surface area contributed by atoms with Gasteiger partial charge in [-0.15, -0.1) is 11.3 Å². The van der Waals surface area contributed by atoms with Gasteiger partial charge in [-0.05, 0) is 74.4 Å². The number of aromatic nitrogens is 3. The normalized spacial score (nSPS) is 12.3. The molecule has 0 unspecified atom stereocenters. The number of hydrogen-bond acceptors (Lipinski definition) is 3. The van der Waals surface area contributed by atoms with E-state index in [0.717, 1.165) is 32.9 Å². The van der Waals surface area contributed by atoms with Crippen LogP contribution in [0, 0.1) is 20.8 Å². The summed E-state index contributed by atoms with van der Waals surface area (Å²) in [7, 11) is 0. The van der Waals surface area contributed by atoms with Crippen LogP contribution in [-0.4, -0.2) is 14.5 Å². The molecule has 4 heteroatoms. The van der Waals surface area contributed by atoms with Crippen LogP contribution in [0.3, 0.4) is 0 Å². The molecule has 0 fully saturated rings. The third-order valence-corrected chi connectivity index (χ3v) is 7.86. The standard InChI is InChI=1S/C31H29N3S/c1-18-15-19(2)28(20(3)16-18)34-25-10-8-7-9-24(25)32-29(34)21-11-13-26-23(17-21)22-12-14-27(31(4,5)6)33-30(22)35-26/h7-17H,1-6H3. The van der Waals surface area contributed by atoms with Crippen LogP contribution >= 0.6 is 11.3 Å². The Morgan fingerprint density at radius 2 is 1.51 bits per heavy atom. The first-order valence-electron chi connectivity index (χ1n) is 12.1. The molecule has 0 saturated heterocycles. The van der Waals surface area contributed by atoms with E-state index in [2.05, 4.69) is 113 Å². The van der Waals surface area contributed by atoms with Gasteiger partial charge >= 0.3 is 0 Å². The molecule has 35 heavy (non-hydrogen) atoms. The first-order valence-corrected chi connectivity index (χ1v) is 12.9. The molecule has 174 valence electrons. The van der Waals surface area contributed by atoms with Crippen molar-refractivity contribution in [2.45, 2.75) is 47.0 Å². The van der Waals surface area contributed by atoms with E-state index in [4.69, 9.17) is 9.97 Å². The van der Waals surface area contributed by atoms with Crippen molar-refractivity contribution >= 4 is 42.7 Å². The molecule has 0 N–H and O–H groups in total. The van der Waals surface area contributed by atoms with E-state index in [1.54, 1.807) is 11.3 Å². The average Bonchev–Trinajstić information content (AvgIpc) is 3.35. The van der Waals surface area contributed by atoms with Crippen LogP contribution in [0.25, 0.3) is 48.4 Å². The maximum absolute atomic E-state index is 5.13. The Labute approximate surface area is 210 Å². The highest BCUT2D eigenvalue weighted by molar-refractivity contribution is 7.25. The molecule has 6 rings (SSSR count). The minimum Gasteiger partial charge on any atom is -0.292 e. The van der Waals surface area contributed by atoms with Crippen LogP contribution in [0.5, 0.6) is 0 Å². The Morgan fingerprint density at radius 1 is 0.771 bits per heavy atom. The zero-order valence-corrected chi connectivity index (χ0v) is 21.9. The van der Waals surface area contributed by atoms with Crippen molar-refractivity contribution in [3.05, 3.63) is 89.1 Å². The minimum absolute atomic E-state index is 0.0319. The van der Waals surface area contributed by atoms with Gasteiger partial charge in [0, 0.05) is 32.1 Å². The summed E-state index contributed by atoms with van der Waals surface area (Å²) in [5, 5.41) is 2.46. The monoisotopic (exact) mass is 475 g/mol. The van der Waals surface area contributed by atoms with E-state index in [9.17, 15) is 0 Å². The third-order valence-electron chi connectivity index (χ3n) is 6.78. The summed E-state index contributed by atoms with van der Waals surface area (Å²) >= 11 is 1.77. The zero-order valence-electron chi connectivity index (χ0n) is 21.1. The van der Waals surface area contributed by atoms with E-state index >= 15 is 0 Å². The van der Waals surface area contributed by atoms with Crippen molar-refractivity contribution in [1.82, 2.24) is 14.5 Å². The second-order valence-corrected chi connectivity index (χ2v) is 11.6. The molecule has 3 aromatic carbocycles. The van der Waals surface area contributed by atoms with Gasteiger partial charge in [0.25, 0.3) is 0 Å². The van der Waals surface area contributed by atoms with Gasteiger partial charge in [0.1, 0.15) is 10.7 Å². The van der Waals surface area contributed by atoms with E-state index in [-0.39, 0.29) is 5.41 Å². The van der Waals surface area contributed by atoms with Crippen molar-refractivity contribution < 1.29 is 0 Å². The maximum atomic E-state index is 5.13. The topological polar surface area (TPSA) is 30.7 Å². The fourth-order valence-electron chi connectivity index (χ4n) is 5.18. The van der Waals surface area contributed by atoms with Gasteiger partial charge in [-0.3, -0.25) is 4.57 Å². The fourth-order valence-corrected chi connectivity index (χ4v) is 6.24. The van der Waals surface area contributed by atoms with Gasteiger partial charge in [0.05, 0.1) is 16.7 Å². The molecule has 0 atom stereocenters. The first kappa shape index (κ1) is 22.0. The largest absolute Gasteiger partial charge is 0.292 e. The average molecular weight is 476 g/mol. The molecule has 0 radical (unpaired) electrons. The lowest BCUT2D eigenvalue weighted by molar-refractivity contribution is 0.572. The molecule has 0 aliphatic carbocycles. The van der Waals surface area contributed by atoms with Crippen LogP contribution in [0.15, 0.2) is 66.7 Å². The van der Waals surface area contributed by atoms with Crippen LogP contribution < -0.4 is 0 Å². The zero-order chi connectivity index (χ0) is 24.5. The van der Waals surface area contributed by atoms with Crippen molar-refractivity contribution in [2.24, 2.45) is 0 Å². The summed E-state index contributed by atoms with van der Waals surface area (Å²) in [4.78, 5) is 11.2. The van der Waals surface area contributed by atoms with Crippen LogP contribution in [0.1, 0.15) is 43.2 Å². The highest BCUT2D eigenvalue weighted by Gasteiger charge is 2.20. The Hall–Kier alpha value is -3.50. The Bertz CT molecular complexity index is 1740. The second kappa shape index (κ2) is 7.76. The van der Waals surface area contributed by atoms with Gasteiger partial charge in [0.15, 0.2) is 0 Å². The van der Waals surface area contributed by atoms with Gasteiger partial charge in [-0.2, -0.15) is 0 Å².